The Labute approximate surface area is 199 Å². The van der Waals surface area contributed by atoms with Crippen LogP contribution in [0, 0.1) is 0 Å². The van der Waals surface area contributed by atoms with Gasteiger partial charge in [0.05, 0.1) is 17.6 Å². The van der Waals surface area contributed by atoms with E-state index in [1.165, 1.54) is 12.3 Å². The summed E-state index contributed by atoms with van der Waals surface area (Å²) in [4.78, 5) is 36.9. The van der Waals surface area contributed by atoms with E-state index in [1.807, 2.05) is 12.1 Å². The number of anilines is 2. The third-order valence-corrected chi connectivity index (χ3v) is 5.06. The van der Waals surface area contributed by atoms with E-state index >= 15 is 0 Å². The summed E-state index contributed by atoms with van der Waals surface area (Å²) in [7, 11) is 0. The van der Waals surface area contributed by atoms with E-state index in [1.54, 1.807) is 54.6 Å². The van der Waals surface area contributed by atoms with Crippen molar-refractivity contribution in [3.05, 3.63) is 89.9 Å². The Kier molecular flexibility index (Phi) is 8.03. The lowest BCUT2D eigenvalue weighted by molar-refractivity contribution is -0.117. The van der Waals surface area contributed by atoms with E-state index in [2.05, 4.69) is 36.7 Å². The largest absolute Gasteiger partial charge is 0.465 e. The Hall–Kier alpha value is -4.13. The topological polar surface area (TPSA) is 100 Å². The molecule has 0 unspecified atom stereocenters. The lowest BCUT2D eigenvalue weighted by Gasteiger charge is -2.19. The molecule has 0 spiro atoms. The molecular weight excluding hydrogens is 430 g/mol. The van der Waals surface area contributed by atoms with Crippen LogP contribution in [0.25, 0.3) is 6.08 Å². The van der Waals surface area contributed by atoms with Crippen LogP contribution in [0.3, 0.4) is 0 Å². The van der Waals surface area contributed by atoms with E-state index in [9.17, 15) is 14.4 Å². The summed E-state index contributed by atoms with van der Waals surface area (Å²) in [5, 5.41) is 8.29. The molecule has 7 heteroatoms. The molecule has 3 aromatic rings. The Bertz CT molecular complexity index is 1160. The van der Waals surface area contributed by atoms with Crippen LogP contribution in [-0.2, 0) is 15.0 Å². The van der Waals surface area contributed by atoms with Crippen LogP contribution < -0.4 is 16.0 Å². The van der Waals surface area contributed by atoms with Crippen molar-refractivity contribution < 1.29 is 18.8 Å². The molecule has 34 heavy (non-hydrogen) atoms. The van der Waals surface area contributed by atoms with Gasteiger partial charge in [-0.1, -0.05) is 45.0 Å². The lowest BCUT2D eigenvalue weighted by atomic mass is 9.87. The maximum Gasteiger partial charge on any atom is 0.255 e. The van der Waals surface area contributed by atoms with E-state index in [-0.39, 0.29) is 36.1 Å². The van der Waals surface area contributed by atoms with Crippen molar-refractivity contribution in [1.29, 1.82) is 0 Å². The first-order chi connectivity index (χ1) is 16.2. The van der Waals surface area contributed by atoms with Gasteiger partial charge >= 0.3 is 0 Å². The molecule has 0 aliphatic rings. The van der Waals surface area contributed by atoms with Crippen molar-refractivity contribution in [2.45, 2.75) is 32.6 Å². The van der Waals surface area contributed by atoms with Crippen molar-refractivity contribution >= 4 is 35.2 Å². The molecule has 0 aliphatic carbocycles. The summed E-state index contributed by atoms with van der Waals surface area (Å²) in [6.45, 7) is 6.51. The fourth-order valence-corrected chi connectivity index (χ4v) is 3.13. The minimum absolute atomic E-state index is 0.00106. The maximum absolute atomic E-state index is 12.7. The van der Waals surface area contributed by atoms with E-state index in [4.69, 9.17) is 4.42 Å². The minimum Gasteiger partial charge on any atom is -0.465 e. The van der Waals surface area contributed by atoms with Crippen LogP contribution in [0.5, 0.6) is 0 Å². The first-order valence-corrected chi connectivity index (χ1v) is 11.0. The van der Waals surface area contributed by atoms with Gasteiger partial charge in [0.2, 0.25) is 11.8 Å². The second-order valence-corrected chi connectivity index (χ2v) is 8.77. The van der Waals surface area contributed by atoms with E-state index < -0.39 is 0 Å². The third kappa shape index (κ3) is 7.20. The molecule has 2 aromatic carbocycles. The fraction of sp³-hybridized carbons (Fsp3) is 0.222. The van der Waals surface area contributed by atoms with Crippen molar-refractivity contribution in [3.8, 4) is 0 Å². The summed E-state index contributed by atoms with van der Waals surface area (Å²) in [6, 6.07) is 17.9. The van der Waals surface area contributed by atoms with E-state index in [0.29, 0.717) is 22.7 Å². The van der Waals surface area contributed by atoms with Crippen LogP contribution in [0.2, 0.25) is 0 Å². The highest BCUT2D eigenvalue weighted by Crippen LogP contribution is 2.24. The SMILES string of the molecule is CC(C)(C)c1ccc(C(=O)Nc2ccccc2NC(=O)CCNC(=O)/C=C/c2ccco2)cc1. The summed E-state index contributed by atoms with van der Waals surface area (Å²) in [6.07, 6.45) is 4.49. The monoisotopic (exact) mass is 459 g/mol. The molecule has 3 N–H and O–H groups in total. The van der Waals surface area contributed by atoms with Crippen LogP contribution in [0.1, 0.15) is 48.9 Å². The minimum atomic E-state index is -0.325. The molecule has 0 saturated carbocycles. The van der Waals surface area contributed by atoms with Crippen LogP contribution in [-0.4, -0.2) is 24.3 Å². The normalized spacial score (nSPS) is 11.3. The number of carbonyl (C=O) groups is 3. The molecule has 1 heterocycles. The predicted octanol–water partition coefficient (Wildman–Crippen LogP) is 4.99. The zero-order valence-electron chi connectivity index (χ0n) is 19.6. The molecule has 0 aliphatic heterocycles. The second-order valence-electron chi connectivity index (χ2n) is 8.77. The van der Waals surface area contributed by atoms with Gasteiger partial charge < -0.3 is 20.4 Å². The van der Waals surface area contributed by atoms with Gasteiger partial charge in [0.15, 0.2) is 0 Å². The molecular formula is C27H29N3O4. The molecule has 176 valence electrons. The molecule has 1 aromatic heterocycles. The molecule has 0 fully saturated rings. The zero-order valence-corrected chi connectivity index (χ0v) is 19.6. The molecule has 3 rings (SSSR count). The van der Waals surface area contributed by atoms with E-state index in [0.717, 1.165) is 5.56 Å². The van der Waals surface area contributed by atoms with Gasteiger partial charge in [-0.15, -0.1) is 0 Å². The quantitative estimate of drug-likeness (QED) is 0.413. The van der Waals surface area contributed by atoms with Gasteiger partial charge in [-0.2, -0.15) is 0 Å². The highest BCUT2D eigenvalue weighted by molar-refractivity contribution is 6.07. The molecule has 0 radical (unpaired) electrons. The smallest absolute Gasteiger partial charge is 0.255 e. The molecule has 0 bridgehead atoms. The number of rotatable bonds is 8. The van der Waals surface area contributed by atoms with Crippen molar-refractivity contribution in [2.75, 3.05) is 17.2 Å². The maximum atomic E-state index is 12.7. The third-order valence-electron chi connectivity index (χ3n) is 5.06. The standard InChI is InChI=1S/C27H29N3O4/c1-27(2,3)20-12-10-19(11-13-20)26(33)30-23-9-5-4-8-22(23)29-25(32)16-17-28-24(31)15-14-21-7-6-18-34-21/h4-15,18H,16-17H2,1-3H3,(H,28,31)(H,29,32)(H,30,33)/b15-14+. The Morgan fingerprint density at radius 2 is 1.56 bits per heavy atom. The predicted molar refractivity (Wildman–Crippen MR) is 134 cm³/mol. The number of amides is 3. The first-order valence-electron chi connectivity index (χ1n) is 11.0. The number of nitrogens with one attached hydrogen (secondary N) is 3. The molecule has 0 saturated heterocycles. The van der Waals surface area contributed by atoms with Crippen LogP contribution in [0.15, 0.2) is 77.4 Å². The summed E-state index contributed by atoms with van der Waals surface area (Å²) in [5.41, 5.74) is 2.64. The van der Waals surface area contributed by atoms with Gasteiger partial charge in [0.1, 0.15) is 5.76 Å². The number of furan rings is 1. The van der Waals surface area contributed by atoms with Crippen LogP contribution in [0.4, 0.5) is 11.4 Å². The first kappa shape index (κ1) is 24.5. The Balaban J connectivity index is 1.52. The van der Waals surface area contributed by atoms with Gasteiger partial charge in [-0.25, -0.2) is 0 Å². The number of para-hydroxylation sites is 2. The number of hydrogen-bond donors (Lipinski definition) is 3. The molecule has 0 atom stereocenters. The summed E-state index contributed by atoms with van der Waals surface area (Å²) >= 11 is 0. The molecule has 3 amide bonds. The molecule has 7 nitrogen and oxygen atoms in total. The lowest BCUT2D eigenvalue weighted by Crippen LogP contribution is -2.26. The van der Waals surface area contributed by atoms with Crippen molar-refractivity contribution in [1.82, 2.24) is 5.32 Å². The summed E-state index contributed by atoms with van der Waals surface area (Å²) in [5.74, 6) is -0.310. The Morgan fingerprint density at radius 1 is 0.882 bits per heavy atom. The fourth-order valence-electron chi connectivity index (χ4n) is 3.13. The van der Waals surface area contributed by atoms with Gasteiger partial charge in [0, 0.05) is 24.6 Å². The number of benzene rings is 2. The average molecular weight is 460 g/mol. The number of hydrogen-bond acceptors (Lipinski definition) is 4. The van der Waals surface area contributed by atoms with Gasteiger partial charge in [-0.05, 0) is 53.5 Å². The summed E-state index contributed by atoms with van der Waals surface area (Å²) < 4.78 is 5.12. The van der Waals surface area contributed by atoms with Crippen molar-refractivity contribution in [2.24, 2.45) is 0 Å². The van der Waals surface area contributed by atoms with Crippen LogP contribution >= 0.6 is 0 Å². The highest BCUT2D eigenvalue weighted by atomic mass is 16.3. The van der Waals surface area contributed by atoms with Gasteiger partial charge in [-0.3, -0.25) is 14.4 Å². The average Bonchev–Trinajstić information content (AvgIpc) is 3.32. The zero-order chi connectivity index (χ0) is 24.6. The Morgan fingerprint density at radius 3 is 2.18 bits per heavy atom. The highest BCUT2D eigenvalue weighted by Gasteiger charge is 2.15. The second kappa shape index (κ2) is 11.1. The number of carbonyl (C=O) groups excluding carboxylic acids is 3. The van der Waals surface area contributed by atoms with Crippen molar-refractivity contribution in [3.63, 3.8) is 0 Å². The van der Waals surface area contributed by atoms with Gasteiger partial charge in [0.25, 0.3) is 5.91 Å².